The van der Waals surface area contributed by atoms with E-state index in [4.69, 9.17) is 16.9 Å². The highest BCUT2D eigenvalue weighted by atomic mass is 16.2. The highest BCUT2D eigenvalue weighted by molar-refractivity contribution is 5.94. The summed E-state index contributed by atoms with van der Waals surface area (Å²) in [5.41, 5.74) is 15.2. The molecule has 0 saturated carbocycles. The summed E-state index contributed by atoms with van der Waals surface area (Å²) < 4.78 is 0. The Morgan fingerprint density at radius 3 is 2.48 bits per heavy atom. The Bertz CT molecular complexity index is 957. The number of nitrogen functional groups attached to an aromatic ring is 1. The molecular formula is C24H31N5O2. The number of nitrogens with two attached hydrogens (primary N) is 2. The molecule has 7 heteroatoms. The molecule has 31 heavy (non-hydrogen) atoms. The number of aryl methyl sites for hydroxylation is 1. The first-order valence-corrected chi connectivity index (χ1v) is 10.6. The number of primary amides is 1. The minimum Gasteiger partial charge on any atom is -0.384 e. The second-order valence-electron chi connectivity index (χ2n) is 8.15. The third-order valence-corrected chi connectivity index (χ3v) is 6.11. The van der Waals surface area contributed by atoms with E-state index in [0.717, 1.165) is 12.0 Å². The first-order valence-electron chi connectivity index (χ1n) is 10.6. The molecule has 7 nitrogen and oxygen atoms in total. The van der Waals surface area contributed by atoms with Gasteiger partial charge >= 0.3 is 0 Å². The monoisotopic (exact) mass is 421 g/mol. The van der Waals surface area contributed by atoms with Gasteiger partial charge in [0, 0.05) is 18.7 Å². The van der Waals surface area contributed by atoms with Crippen LogP contribution in [-0.2, 0) is 22.6 Å². The standard InChI is InChI=1S/C24H31N5O2/c1-3-16-5-4-6-19(11-16)20-12-21(23(27)30)29(14-20)15(2)24(31)28-13-17-7-9-18(10-8-17)22(25)26/h4-11,15,20-21H,3,12-14H2,1-2H3,(H3,25,26)(H2,27,30)(H,28,31)/t15-,20?,21?/m0/s1. The smallest absolute Gasteiger partial charge is 0.237 e. The highest BCUT2D eigenvalue weighted by Crippen LogP contribution is 2.33. The molecule has 0 bridgehead atoms. The van der Waals surface area contributed by atoms with Crippen molar-refractivity contribution in [2.24, 2.45) is 11.5 Å². The number of amides is 2. The number of nitrogens with one attached hydrogen (secondary N) is 2. The van der Waals surface area contributed by atoms with Crippen LogP contribution in [-0.4, -0.2) is 41.2 Å². The van der Waals surface area contributed by atoms with Crippen LogP contribution in [0.25, 0.3) is 0 Å². The van der Waals surface area contributed by atoms with E-state index < -0.39 is 18.0 Å². The Kier molecular flexibility index (Phi) is 7.07. The molecule has 1 heterocycles. The van der Waals surface area contributed by atoms with Gasteiger partial charge in [-0.1, -0.05) is 55.5 Å². The van der Waals surface area contributed by atoms with Crippen molar-refractivity contribution in [3.05, 3.63) is 70.8 Å². The van der Waals surface area contributed by atoms with Gasteiger partial charge in [-0.15, -0.1) is 0 Å². The molecule has 3 rings (SSSR count). The van der Waals surface area contributed by atoms with E-state index in [0.29, 0.717) is 25.1 Å². The van der Waals surface area contributed by atoms with Crippen molar-refractivity contribution in [2.45, 2.75) is 51.2 Å². The largest absolute Gasteiger partial charge is 0.384 e. The molecule has 2 amide bonds. The number of hydrogen-bond acceptors (Lipinski definition) is 4. The summed E-state index contributed by atoms with van der Waals surface area (Å²) in [7, 11) is 0. The van der Waals surface area contributed by atoms with Gasteiger partial charge in [0.2, 0.25) is 11.8 Å². The van der Waals surface area contributed by atoms with E-state index >= 15 is 0 Å². The Hall–Kier alpha value is -3.19. The number of amidine groups is 1. The van der Waals surface area contributed by atoms with Crippen molar-refractivity contribution in [1.29, 1.82) is 5.41 Å². The predicted molar refractivity (Wildman–Crippen MR) is 122 cm³/mol. The number of benzene rings is 2. The quantitative estimate of drug-likeness (QED) is 0.383. The molecule has 3 atom stereocenters. The van der Waals surface area contributed by atoms with Gasteiger partial charge in [-0.05, 0) is 42.4 Å². The second-order valence-corrected chi connectivity index (χ2v) is 8.15. The molecule has 1 saturated heterocycles. The third-order valence-electron chi connectivity index (χ3n) is 6.11. The zero-order chi connectivity index (χ0) is 22.5. The molecule has 0 spiro atoms. The van der Waals surface area contributed by atoms with E-state index in [2.05, 4.69) is 30.4 Å². The topological polar surface area (TPSA) is 125 Å². The van der Waals surface area contributed by atoms with Crippen LogP contribution in [0.1, 0.15) is 48.4 Å². The molecule has 6 N–H and O–H groups in total. The van der Waals surface area contributed by atoms with Crippen molar-refractivity contribution >= 4 is 17.6 Å². The Balaban J connectivity index is 1.66. The number of nitrogens with zero attached hydrogens (tertiary/aromatic N) is 1. The van der Waals surface area contributed by atoms with Crippen molar-refractivity contribution in [3.8, 4) is 0 Å². The van der Waals surface area contributed by atoms with Crippen LogP contribution in [0.4, 0.5) is 0 Å². The van der Waals surface area contributed by atoms with Gasteiger partial charge in [0.25, 0.3) is 0 Å². The lowest BCUT2D eigenvalue weighted by molar-refractivity contribution is -0.129. The number of carbonyl (C=O) groups excluding carboxylic acids is 2. The molecule has 1 fully saturated rings. The molecule has 2 unspecified atom stereocenters. The number of rotatable bonds is 8. The fourth-order valence-electron chi connectivity index (χ4n) is 4.17. The van der Waals surface area contributed by atoms with Crippen LogP contribution in [0.3, 0.4) is 0 Å². The molecule has 2 aromatic carbocycles. The Morgan fingerprint density at radius 1 is 1.16 bits per heavy atom. The predicted octanol–water partition coefficient (Wildman–Crippen LogP) is 1.88. The van der Waals surface area contributed by atoms with Gasteiger partial charge in [0.1, 0.15) is 5.84 Å². The number of likely N-dealkylation sites (tertiary alicyclic amines) is 1. The average Bonchev–Trinajstić information content (AvgIpc) is 3.23. The van der Waals surface area contributed by atoms with Gasteiger partial charge in [0.15, 0.2) is 0 Å². The SMILES string of the molecule is CCc1cccc(C2CC(C(N)=O)N([C@@H](C)C(=O)NCc3ccc(C(=N)N)cc3)C2)c1. The summed E-state index contributed by atoms with van der Waals surface area (Å²) in [6.45, 7) is 4.91. The van der Waals surface area contributed by atoms with Gasteiger partial charge in [-0.2, -0.15) is 0 Å². The summed E-state index contributed by atoms with van der Waals surface area (Å²) in [5.74, 6) is -0.369. The third kappa shape index (κ3) is 5.30. The number of carbonyl (C=O) groups is 2. The highest BCUT2D eigenvalue weighted by Gasteiger charge is 2.40. The minimum atomic E-state index is -0.478. The average molecular weight is 422 g/mol. The summed E-state index contributed by atoms with van der Waals surface area (Å²) >= 11 is 0. The first kappa shape index (κ1) is 22.5. The minimum absolute atomic E-state index is 0.00904. The number of hydrogen-bond donors (Lipinski definition) is 4. The van der Waals surface area contributed by atoms with Crippen LogP contribution in [0.2, 0.25) is 0 Å². The molecule has 2 aromatic rings. The summed E-state index contributed by atoms with van der Waals surface area (Å²) in [6.07, 6.45) is 1.57. The van der Waals surface area contributed by atoms with Crippen molar-refractivity contribution < 1.29 is 9.59 Å². The van der Waals surface area contributed by atoms with E-state index in [1.54, 1.807) is 12.1 Å². The van der Waals surface area contributed by atoms with Gasteiger partial charge in [-0.3, -0.25) is 19.9 Å². The molecular weight excluding hydrogens is 390 g/mol. The second kappa shape index (κ2) is 9.75. The van der Waals surface area contributed by atoms with E-state index in [9.17, 15) is 9.59 Å². The maximum absolute atomic E-state index is 12.8. The van der Waals surface area contributed by atoms with Gasteiger partial charge < -0.3 is 16.8 Å². The molecule has 0 aliphatic carbocycles. The first-order chi connectivity index (χ1) is 14.8. The van der Waals surface area contributed by atoms with Crippen LogP contribution in [0.15, 0.2) is 48.5 Å². The zero-order valence-electron chi connectivity index (χ0n) is 18.1. The molecule has 1 aliphatic heterocycles. The summed E-state index contributed by atoms with van der Waals surface area (Å²) in [6, 6.07) is 14.6. The lowest BCUT2D eigenvalue weighted by Crippen LogP contribution is -2.51. The lowest BCUT2D eigenvalue weighted by Gasteiger charge is -2.28. The van der Waals surface area contributed by atoms with E-state index in [1.165, 1.54) is 11.1 Å². The van der Waals surface area contributed by atoms with Crippen LogP contribution in [0, 0.1) is 5.41 Å². The molecule has 0 aromatic heterocycles. The van der Waals surface area contributed by atoms with Crippen molar-refractivity contribution in [1.82, 2.24) is 10.2 Å². The van der Waals surface area contributed by atoms with Crippen LogP contribution in [0.5, 0.6) is 0 Å². The van der Waals surface area contributed by atoms with Crippen molar-refractivity contribution in [2.75, 3.05) is 6.54 Å². The molecule has 1 aliphatic rings. The van der Waals surface area contributed by atoms with Crippen LogP contribution < -0.4 is 16.8 Å². The van der Waals surface area contributed by atoms with Crippen LogP contribution >= 0.6 is 0 Å². The fourth-order valence-corrected chi connectivity index (χ4v) is 4.17. The fraction of sp³-hybridized carbons (Fsp3) is 0.375. The maximum Gasteiger partial charge on any atom is 0.237 e. The molecule has 164 valence electrons. The van der Waals surface area contributed by atoms with Gasteiger partial charge in [0.05, 0.1) is 12.1 Å². The van der Waals surface area contributed by atoms with Gasteiger partial charge in [-0.25, -0.2) is 0 Å². The van der Waals surface area contributed by atoms with E-state index in [-0.39, 0.29) is 17.7 Å². The lowest BCUT2D eigenvalue weighted by atomic mass is 9.94. The van der Waals surface area contributed by atoms with Crippen molar-refractivity contribution in [3.63, 3.8) is 0 Å². The Labute approximate surface area is 183 Å². The Morgan fingerprint density at radius 2 is 1.87 bits per heavy atom. The van der Waals surface area contributed by atoms with E-state index in [1.807, 2.05) is 30.0 Å². The molecule has 0 radical (unpaired) electrons. The summed E-state index contributed by atoms with van der Waals surface area (Å²) in [4.78, 5) is 26.9. The summed E-state index contributed by atoms with van der Waals surface area (Å²) in [5, 5.41) is 10.4. The normalized spacial score (nSPS) is 19.7. The zero-order valence-corrected chi connectivity index (χ0v) is 18.1. The maximum atomic E-state index is 12.8.